The van der Waals surface area contributed by atoms with Crippen LogP contribution in [-0.2, 0) is 16.6 Å². The van der Waals surface area contributed by atoms with Gasteiger partial charge >= 0.3 is 0 Å². The highest BCUT2D eigenvalue weighted by Gasteiger charge is 2.20. The number of aryl methyl sites for hydroxylation is 2. The van der Waals surface area contributed by atoms with Crippen LogP contribution >= 0.6 is 0 Å². The lowest BCUT2D eigenvalue weighted by atomic mass is 10.2. The molecule has 0 spiro atoms. The van der Waals surface area contributed by atoms with Crippen molar-refractivity contribution in [2.45, 2.75) is 25.3 Å². The lowest BCUT2D eigenvalue weighted by molar-refractivity contribution is 0.402. The Morgan fingerprint density at radius 1 is 1.17 bits per heavy atom. The van der Waals surface area contributed by atoms with E-state index in [9.17, 15) is 8.42 Å². The highest BCUT2D eigenvalue weighted by Crippen LogP contribution is 2.24. The van der Waals surface area contributed by atoms with Gasteiger partial charge in [-0.05, 0) is 37.6 Å². The summed E-state index contributed by atoms with van der Waals surface area (Å²) in [6.07, 6.45) is 0. The second kappa shape index (κ2) is 7.14. The number of hydrogen-bond donors (Lipinski definition) is 1. The van der Waals surface area contributed by atoms with Gasteiger partial charge in [-0.2, -0.15) is 0 Å². The third kappa shape index (κ3) is 4.21. The summed E-state index contributed by atoms with van der Waals surface area (Å²) in [5, 5.41) is 0. The fraction of sp³-hybridized carbons (Fsp3) is 0.375. The number of sulfonamides is 1. The summed E-state index contributed by atoms with van der Waals surface area (Å²) in [7, 11) is 1.39. The average molecular weight is 350 g/mol. The van der Waals surface area contributed by atoms with Crippen molar-refractivity contribution >= 4 is 16.0 Å². The van der Waals surface area contributed by atoms with Gasteiger partial charge in [0.25, 0.3) is 0 Å². The molecule has 0 unspecified atom stereocenters. The minimum Gasteiger partial charge on any atom is -0.495 e. The van der Waals surface area contributed by atoms with Gasteiger partial charge in [0.2, 0.25) is 16.0 Å². The van der Waals surface area contributed by atoms with Gasteiger partial charge in [-0.1, -0.05) is 6.07 Å². The number of ether oxygens (including phenoxy) is 1. The van der Waals surface area contributed by atoms with Crippen LogP contribution in [0.4, 0.5) is 5.95 Å². The van der Waals surface area contributed by atoms with Crippen molar-refractivity contribution in [3.8, 4) is 5.75 Å². The summed E-state index contributed by atoms with van der Waals surface area (Å²) in [5.74, 6) is 0.846. The van der Waals surface area contributed by atoms with Crippen molar-refractivity contribution in [3.05, 3.63) is 41.2 Å². The normalized spacial score (nSPS) is 11.4. The Balaban J connectivity index is 2.27. The minimum absolute atomic E-state index is 0.0730. The molecule has 0 amide bonds. The molecule has 0 aliphatic carbocycles. The van der Waals surface area contributed by atoms with E-state index in [1.807, 2.05) is 27.9 Å². The van der Waals surface area contributed by atoms with Crippen molar-refractivity contribution in [1.82, 2.24) is 14.7 Å². The Morgan fingerprint density at radius 2 is 1.88 bits per heavy atom. The largest absolute Gasteiger partial charge is 0.495 e. The molecule has 130 valence electrons. The summed E-state index contributed by atoms with van der Waals surface area (Å²) >= 11 is 0. The molecular formula is C16H22N4O3S. The zero-order chi connectivity index (χ0) is 17.9. The molecule has 0 aliphatic rings. The fourth-order valence-electron chi connectivity index (χ4n) is 2.15. The van der Waals surface area contributed by atoms with Crippen molar-refractivity contribution in [1.29, 1.82) is 0 Å². The highest BCUT2D eigenvalue weighted by molar-refractivity contribution is 7.89. The maximum atomic E-state index is 12.6. The Labute approximate surface area is 142 Å². The van der Waals surface area contributed by atoms with E-state index < -0.39 is 10.0 Å². The number of nitrogens with one attached hydrogen (secondary N) is 1. The standard InChI is InChI=1S/C16H22N4O3S/c1-11-6-7-14(23-5)15(8-11)24(21,22)17-10-13-9-12(2)18-16(19-13)20(3)4/h6-9,17H,10H2,1-5H3. The van der Waals surface area contributed by atoms with Crippen LogP contribution in [0.1, 0.15) is 17.0 Å². The molecule has 1 aromatic heterocycles. The van der Waals surface area contributed by atoms with E-state index in [1.54, 1.807) is 29.2 Å². The topological polar surface area (TPSA) is 84.4 Å². The lowest BCUT2D eigenvalue weighted by Crippen LogP contribution is -2.25. The molecule has 0 saturated carbocycles. The van der Waals surface area contributed by atoms with Crippen LogP contribution in [0.3, 0.4) is 0 Å². The van der Waals surface area contributed by atoms with Crippen molar-refractivity contribution in [2.24, 2.45) is 0 Å². The molecule has 24 heavy (non-hydrogen) atoms. The first-order valence-electron chi connectivity index (χ1n) is 7.39. The first kappa shape index (κ1) is 18.2. The van der Waals surface area contributed by atoms with Gasteiger partial charge in [0.15, 0.2) is 0 Å². The maximum Gasteiger partial charge on any atom is 0.244 e. The first-order valence-corrected chi connectivity index (χ1v) is 8.87. The van der Waals surface area contributed by atoms with E-state index in [-0.39, 0.29) is 11.4 Å². The van der Waals surface area contributed by atoms with Crippen molar-refractivity contribution in [2.75, 3.05) is 26.1 Å². The summed E-state index contributed by atoms with van der Waals surface area (Å²) < 4.78 is 32.9. The Morgan fingerprint density at radius 3 is 2.50 bits per heavy atom. The third-order valence-electron chi connectivity index (χ3n) is 3.35. The second-order valence-corrected chi connectivity index (χ2v) is 7.41. The average Bonchev–Trinajstić information content (AvgIpc) is 2.52. The van der Waals surface area contributed by atoms with E-state index in [0.29, 0.717) is 17.4 Å². The minimum atomic E-state index is -3.72. The molecule has 1 aromatic carbocycles. The Bertz CT molecular complexity index is 835. The molecule has 0 fully saturated rings. The molecule has 0 aliphatic heterocycles. The van der Waals surface area contributed by atoms with Crippen LogP contribution < -0.4 is 14.4 Å². The number of aromatic nitrogens is 2. The number of anilines is 1. The molecule has 1 N–H and O–H groups in total. The third-order valence-corrected chi connectivity index (χ3v) is 4.77. The Kier molecular flexibility index (Phi) is 5.40. The van der Waals surface area contributed by atoms with Gasteiger partial charge in [0, 0.05) is 19.8 Å². The molecule has 2 aromatic rings. The molecule has 1 heterocycles. The van der Waals surface area contributed by atoms with Gasteiger partial charge in [0.1, 0.15) is 10.6 Å². The number of hydrogen-bond acceptors (Lipinski definition) is 6. The maximum absolute atomic E-state index is 12.6. The monoisotopic (exact) mass is 350 g/mol. The van der Waals surface area contributed by atoms with E-state index in [0.717, 1.165) is 11.3 Å². The molecule has 0 bridgehead atoms. The summed E-state index contributed by atoms with van der Waals surface area (Å²) in [6, 6.07) is 6.78. The van der Waals surface area contributed by atoms with Crippen molar-refractivity contribution in [3.63, 3.8) is 0 Å². The molecule has 0 radical (unpaired) electrons. The first-order chi connectivity index (χ1) is 11.2. The number of rotatable bonds is 6. The number of benzene rings is 1. The van der Waals surface area contributed by atoms with E-state index in [4.69, 9.17) is 4.74 Å². The fourth-order valence-corrected chi connectivity index (χ4v) is 3.40. The number of nitrogens with zero attached hydrogens (tertiary/aromatic N) is 3. The second-order valence-electron chi connectivity index (χ2n) is 5.67. The van der Waals surface area contributed by atoms with Gasteiger partial charge in [0.05, 0.1) is 19.3 Å². The van der Waals surface area contributed by atoms with Gasteiger partial charge in [-0.15, -0.1) is 0 Å². The van der Waals surface area contributed by atoms with Crippen LogP contribution in [-0.4, -0.2) is 39.6 Å². The molecular weight excluding hydrogens is 328 g/mol. The van der Waals surface area contributed by atoms with Crippen LogP contribution in [0.25, 0.3) is 0 Å². The van der Waals surface area contributed by atoms with Gasteiger partial charge < -0.3 is 9.64 Å². The SMILES string of the molecule is COc1ccc(C)cc1S(=O)(=O)NCc1cc(C)nc(N(C)C)n1. The van der Waals surface area contributed by atoms with E-state index in [2.05, 4.69) is 14.7 Å². The zero-order valence-electron chi connectivity index (χ0n) is 14.5. The molecule has 0 atom stereocenters. The molecule has 2 rings (SSSR count). The summed E-state index contributed by atoms with van der Waals surface area (Å²) in [6.45, 7) is 3.75. The predicted molar refractivity (Wildman–Crippen MR) is 92.9 cm³/mol. The zero-order valence-corrected chi connectivity index (χ0v) is 15.3. The van der Waals surface area contributed by atoms with Crippen LogP contribution in [0.2, 0.25) is 0 Å². The smallest absolute Gasteiger partial charge is 0.244 e. The molecule has 0 saturated heterocycles. The lowest BCUT2D eigenvalue weighted by Gasteiger charge is -2.14. The summed E-state index contributed by atoms with van der Waals surface area (Å²) in [4.78, 5) is 10.5. The number of methoxy groups -OCH3 is 1. The molecule has 8 heteroatoms. The van der Waals surface area contributed by atoms with E-state index in [1.165, 1.54) is 7.11 Å². The van der Waals surface area contributed by atoms with Gasteiger partial charge in [-0.3, -0.25) is 0 Å². The van der Waals surface area contributed by atoms with Crippen LogP contribution in [0.15, 0.2) is 29.2 Å². The predicted octanol–water partition coefficient (Wildman–Crippen LogP) is 1.65. The van der Waals surface area contributed by atoms with Gasteiger partial charge in [-0.25, -0.2) is 23.1 Å². The van der Waals surface area contributed by atoms with E-state index >= 15 is 0 Å². The van der Waals surface area contributed by atoms with Crippen LogP contribution in [0.5, 0.6) is 5.75 Å². The summed E-state index contributed by atoms with van der Waals surface area (Å²) in [5.41, 5.74) is 2.21. The Hall–Kier alpha value is -2.19. The quantitative estimate of drug-likeness (QED) is 0.853. The van der Waals surface area contributed by atoms with Crippen molar-refractivity contribution < 1.29 is 13.2 Å². The molecule has 7 nitrogen and oxygen atoms in total. The highest BCUT2D eigenvalue weighted by atomic mass is 32.2. The van der Waals surface area contributed by atoms with Crippen LogP contribution in [0, 0.1) is 13.8 Å².